The van der Waals surface area contributed by atoms with Crippen LogP contribution >= 0.6 is 27.3 Å². The third kappa shape index (κ3) is 3.61. The van der Waals surface area contributed by atoms with Gasteiger partial charge in [-0.05, 0) is 35.0 Å². The van der Waals surface area contributed by atoms with Crippen LogP contribution in [0.5, 0.6) is 0 Å². The topological polar surface area (TPSA) is 92.2 Å². The predicted molar refractivity (Wildman–Crippen MR) is 78.7 cm³/mol. The van der Waals surface area contributed by atoms with Crippen molar-refractivity contribution in [2.45, 2.75) is 25.0 Å². The van der Waals surface area contributed by atoms with Crippen LogP contribution < -0.4 is 4.72 Å². The van der Waals surface area contributed by atoms with Crippen LogP contribution in [0.2, 0.25) is 0 Å². The van der Waals surface area contributed by atoms with E-state index in [0.717, 1.165) is 0 Å². The number of nitrogens with zero attached hydrogens (tertiary/aromatic N) is 2. The van der Waals surface area contributed by atoms with E-state index in [0.29, 0.717) is 20.2 Å². The number of thiophene rings is 1. The highest BCUT2D eigenvalue weighted by Gasteiger charge is 2.20. The van der Waals surface area contributed by atoms with Gasteiger partial charge in [-0.1, -0.05) is 0 Å². The molecule has 6 nitrogen and oxygen atoms in total. The molecule has 9 heteroatoms. The Hall–Kier alpha value is -0.870. The molecule has 0 atom stereocenters. The van der Waals surface area contributed by atoms with Gasteiger partial charge in [0.05, 0.1) is 22.6 Å². The smallest absolute Gasteiger partial charge is 0.242 e. The van der Waals surface area contributed by atoms with Crippen molar-refractivity contribution in [1.82, 2.24) is 14.7 Å². The average molecular weight is 378 g/mol. The maximum atomic E-state index is 12.2. The number of nitrogens with one attached hydrogen (secondary N) is 1. The highest BCUT2D eigenvalue weighted by atomic mass is 79.9. The third-order valence-corrected chi connectivity index (χ3v) is 6.07. The second-order valence-electron chi connectivity index (χ2n) is 3.93. The van der Waals surface area contributed by atoms with Crippen molar-refractivity contribution in [3.05, 3.63) is 38.5 Å². The number of aromatic nitrogens is 2. The van der Waals surface area contributed by atoms with Gasteiger partial charge in [-0.2, -0.15) is 0 Å². The Morgan fingerprint density at radius 1 is 1.50 bits per heavy atom. The van der Waals surface area contributed by atoms with Crippen molar-refractivity contribution in [2.75, 3.05) is 0 Å². The molecule has 0 saturated heterocycles. The Morgan fingerprint density at radius 3 is 2.85 bits per heavy atom. The van der Waals surface area contributed by atoms with E-state index in [4.69, 9.17) is 5.11 Å². The molecule has 0 aliphatic rings. The highest BCUT2D eigenvalue weighted by Crippen LogP contribution is 2.31. The van der Waals surface area contributed by atoms with Crippen molar-refractivity contribution in [3.8, 4) is 0 Å². The van der Waals surface area contributed by atoms with Crippen LogP contribution in [-0.2, 0) is 23.2 Å². The molecule has 2 heterocycles. The first kappa shape index (κ1) is 15.5. The highest BCUT2D eigenvalue weighted by molar-refractivity contribution is 9.11. The fraction of sp³-hybridized carbons (Fsp3) is 0.273. The minimum atomic E-state index is -3.65. The molecule has 2 N–H and O–H groups in total. The minimum absolute atomic E-state index is 0.0858. The van der Waals surface area contributed by atoms with Gasteiger partial charge in [-0.25, -0.2) is 23.1 Å². The first-order valence-electron chi connectivity index (χ1n) is 5.59. The number of hydrogen-bond acceptors (Lipinski definition) is 6. The Balaban J connectivity index is 2.17. The summed E-state index contributed by atoms with van der Waals surface area (Å²) in [6, 6.07) is 3.10. The summed E-state index contributed by atoms with van der Waals surface area (Å²) in [7, 11) is -3.65. The number of aliphatic hydroxyl groups excluding tert-OH is 1. The normalized spacial score (nSPS) is 11.8. The molecule has 2 aromatic rings. The molecule has 0 aliphatic carbocycles. The molecule has 0 radical (unpaired) electrons. The van der Waals surface area contributed by atoms with Crippen molar-refractivity contribution >= 4 is 37.3 Å². The zero-order valence-corrected chi connectivity index (χ0v) is 13.7. The summed E-state index contributed by atoms with van der Waals surface area (Å²) in [4.78, 5) is 8.78. The van der Waals surface area contributed by atoms with Gasteiger partial charge in [-0.3, -0.25) is 0 Å². The first-order valence-corrected chi connectivity index (χ1v) is 8.69. The molecule has 0 spiro atoms. The molecule has 0 aliphatic heterocycles. The van der Waals surface area contributed by atoms with E-state index in [9.17, 15) is 8.42 Å². The first-order chi connectivity index (χ1) is 9.42. The van der Waals surface area contributed by atoms with E-state index < -0.39 is 10.0 Å². The van der Waals surface area contributed by atoms with Crippen molar-refractivity contribution in [1.29, 1.82) is 0 Å². The molecule has 0 saturated carbocycles. The third-order valence-electron chi connectivity index (χ3n) is 2.43. The Morgan fingerprint density at radius 2 is 2.25 bits per heavy atom. The molecule has 2 aromatic heterocycles. The molecule has 0 amide bonds. The van der Waals surface area contributed by atoms with Gasteiger partial charge >= 0.3 is 0 Å². The van der Waals surface area contributed by atoms with E-state index in [-0.39, 0.29) is 18.0 Å². The van der Waals surface area contributed by atoms with Crippen molar-refractivity contribution in [3.63, 3.8) is 0 Å². The summed E-state index contributed by atoms with van der Waals surface area (Å²) in [6.45, 7) is 1.63. The van der Waals surface area contributed by atoms with Gasteiger partial charge in [0.15, 0.2) is 0 Å². The zero-order valence-electron chi connectivity index (χ0n) is 10.5. The Labute approximate surface area is 129 Å². The molecule has 0 fully saturated rings. The van der Waals surface area contributed by atoms with Crippen LogP contribution in [0.4, 0.5) is 0 Å². The summed E-state index contributed by atoms with van der Waals surface area (Å²) in [5.74, 6) is 0.584. The fourth-order valence-corrected chi connectivity index (χ4v) is 5.05. The van der Waals surface area contributed by atoms with Crippen LogP contribution in [0.15, 0.2) is 27.0 Å². The summed E-state index contributed by atoms with van der Waals surface area (Å²) >= 11 is 4.38. The Bertz CT molecular complexity index is 715. The number of aliphatic hydroxyl groups is 1. The molecular weight excluding hydrogens is 366 g/mol. The summed E-state index contributed by atoms with van der Waals surface area (Å²) in [6.07, 6.45) is 1.58. The van der Waals surface area contributed by atoms with E-state index in [2.05, 4.69) is 30.6 Å². The zero-order chi connectivity index (χ0) is 14.8. The largest absolute Gasteiger partial charge is 0.391 e. The lowest BCUT2D eigenvalue weighted by Gasteiger charge is -2.05. The lowest BCUT2D eigenvalue weighted by molar-refractivity contribution is 0.285. The lowest BCUT2D eigenvalue weighted by atomic mass is 10.4. The number of hydrogen-bond donors (Lipinski definition) is 2. The van der Waals surface area contributed by atoms with E-state index in [1.807, 2.05) is 0 Å². The standard InChI is InChI=1S/C11H12BrN3O3S2/c1-7-13-3-2-8(15-7)5-14-20(17,18)10-4-9(6-16)19-11(10)12/h2-4,14,16H,5-6H2,1H3. The number of rotatable bonds is 5. The molecule has 2 rings (SSSR count). The van der Waals surface area contributed by atoms with Crippen LogP contribution in [0.1, 0.15) is 16.4 Å². The molecule has 0 aromatic carbocycles. The predicted octanol–water partition coefficient (Wildman–Crippen LogP) is 1.58. The summed E-state index contributed by atoms with van der Waals surface area (Å²) in [5.41, 5.74) is 0.592. The number of aryl methyl sites for hydroxylation is 1. The molecule has 0 unspecified atom stereocenters. The van der Waals surface area contributed by atoms with E-state index >= 15 is 0 Å². The average Bonchev–Trinajstić information content (AvgIpc) is 2.79. The minimum Gasteiger partial charge on any atom is -0.391 e. The van der Waals surface area contributed by atoms with Gasteiger partial charge in [0, 0.05) is 11.1 Å². The number of halogens is 1. The van der Waals surface area contributed by atoms with Crippen LogP contribution in [0, 0.1) is 6.92 Å². The number of sulfonamides is 1. The molecule has 108 valence electrons. The SMILES string of the molecule is Cc1nccc(CNS(=O)(=O)c2cc(CO)sc2Br)n1. The monoisotopic (exact) mass is 377 g/mol. The van der Waals surface area contributed by atoms with Gasteiger partial charge < -0.3 is 5.11 Å². The maximum absolute atomic E-state index is 12.2. The van der Waals surface area contributed by atoms with Crippen LogP contribution in [-0.4, -0.2) is 23.5 Å². The second-order valence-corrected chi connectivity index (χ2v) is 8.12. The molecule has 0 bridgehead atoms. The van der Waals surface area contributed by atoms with Crippen molar-refractivity contribution < 1.29 is 13.5 Å². The van der Waals surface area contributed by atoms with E-state index in [1.54, 1.807) is 19.2 Å². The van der Waals surface area contributed by atoms with Gasteiger partial charge in [0.1, 0.15) is 10.7 Å². The summed E-state index contributed by atoms with van der Waals surface area (Å²) in [5, 5.41) is 9.04. The van der Waals surface area contributed by atoms with Gasteiger partial charge in [-0.15, -0.1) is 11.3 Å². The fourth-order valence-electron chi connectivity index (χ4n) is 1.51. The van der Waals surface area contributed by atoms with Gasteiger partial charge in [0.25, 0.3) is 0 Å². The maximum Gasteiger partial charge on any atom is 0.242 e. The van der Waals surface area contributed by atoms with E-state index in [1.165, 1.54) is 17.4 Å². The summed E-state index contributed by atoms with van der Waals surface area (Å²) < 4.78 is 27.3. The van der Waals surface area contributed by atoms with Crippen LogP contribution in [0.25, 0.3) is 0 Å². The lowest BCUT2D eigenvalue weighted by Crippen LogP contribution is -2.23. The molecule has 20 heavy (non-hydrogen) atoms. The van der Waals surface area contributed by atoms with Crippen molar-refractivity contribution in [2.24, 2.45) is 0 Å². The quantitative estimate of drug-likeness (QED) is 0.824. The van der Waals surface area contributed by atoms with Crippen LogP contribution in [0.3, 0.4) is 0 Å². The Kier molecular flexibility index (Phi) is 4.86. The molecular formula is C11H12BrN3O3S2. The van der Waals surface area contributed by atoms with Gasteiger partial charge in [0.2, 0.25) is 10.0 Å². The second kappa shape index (κ2) is 6.27.